The Hall–Kier alpha value is -3.48. The van der Waals surface area contributed by atoms with Crippen LogP contribution in [0, 0.1) is 6.92 Å². The molecule has 128 valence electrons. The van der Waals surface area contributed by atoms with Crippen molar-refractivity contribution in [1.29, 1.82) is 0 Å². The van der Waals surface area contributed by atoms with Crippen molar-refractivity contribution in [2.24, 2.45) is 0 Å². The number of amides is 1. The van der Waals surface area contributed by atoms with Crippen molar-refractivity contribution < 1.29 is 29.4 Å². The molecule has 25 heavy (non-hydrogen) atoms. The summed E-state index contributed by atoms with van der Waals surface area (Å²) in [6.07, 6.45) is 0. The van der Waals surface area contributed by atoms with Crippen LogP contribution in [0.5, 0.6) is 0 Å². The van der Waals surface area contributed by atoms with Gasteiger partial charge in [0.05, 0.1) is 16.8 Å². The third-order valence-corrected chi connectivity index (χ3v) is 3.65. The van der Waals surface area contributed by atoms with Crippen molar-refractivity contribution in [3.05, 3.63) is 64.2 Å². The fraction of sp³-hybridized carbons (Fsp3) is 0.111. The van der Waals surface area contributed by atoms with Gasteiger partial charge in [-0.2, -0.15) is 0 Å². The average Bonchev–Trinajstić information content (AvgIpc) is 2.54. The van der Waals surface area contributed by atoms with Gasteiger partial charge >= 0.3 is 11.9 Å². The van der Waals surface area contributed by atoms with Gasteiger partial charge in [-0.3, -0.25) is 9.59 Å². The predicted molar refractivity (Wildman–Crippen MR) is 89.5 cm³/mol. The number of anilines is 1. The Labute approximate surface area is 142 Å². The molecule has 0 heterocycles. The van der Waals surface area contributed by atoms with Gasteiger partial charge in [-0.05, 0) is 37.6 Å². The molecule has 0 bridgehead atoms. The van der Waals surface area contributed by atoms with E-state index < -0.39 is 17.8 Å². The third-order valence-electron chi connectivity index (χ3n) is 3.65. The van der Waals surface area contributed by atoms with E-state index in [0.717, 1.165) is 0 Å². The summed E-state index contributed by atoms with van der Waals surface area (Å²) in [5.41, 5.74) is 0.0226. The molecule has 0 aromatic heterocycles. The third kappa shape index (κ3) is 3.72. The van der Waals surface area contributed by atoms with Gasteiger partial charge in [0.25, 0.3) is 5.91 Å². The summed E-state index contributed by atoms with van der Waals surface area (Å²) in [6, 6.07) is 8.34. The quantitative estimate of drug-likeness (QED) is 0.719. The van der Waals surface area contributed by atoms with E-state index in [0.29, 0.717) is 11.1 Å². The Bertz CT molecular complexity index is 883. The number of carboxylic acids is 2. The number of rotatable bonds is 5. The molecule has 0 saturated carbocycles. The molecule has 7 heteroatoms. The molecule has 0 aliphatic carbocycles. The second-order valence-corrected chi connectivity index (χ2v) is 5.38. The summed E-state index contributed by atoms with van der Waals surface area (Å²) in [5, 5.41) is 21.0. The second-order valence-electron chi connectivity index (χ2n) is 5.38. The molecule has 2 aromatic carbocycles. The molecule has 0 saturated heterocycles. The van der Waals surface area contributed by atoms with E-state index in [1.165, 1.54) is 50.2 Å². The summed E-state index contributed by atoms with van der Waals surface area (Å²) in [6.45, 7) is 2.90. The van der Waals surface area contributed by atoms with Gasteiger partial charge in [-0.15, -0.1) is 0 Å². The normalized spacial score (nSPS) is 10.2. The number of hydrogen-bond acceptors (Lipinski definition) is 4. The molecule has 0 radical (unpaired) electrons. The first-order valence-corrected chi connectivity index (χ1v) is 7.25. The van der Waals surface area contributed by atoms with E-state index in [2.05, 4.69) is 5.32 Å². The molecule has 3 N–H and O–H groups in total. The van der Waals surface area contributed by atoms with Crippen molar-refractivity contribution in [2.75, 3.05) is 5.32 Å². The van der Waals surface area contributed by atoms with Gasteiger partial charge < -0.3 is 15.5 Å². The first kappa shape index (κ1) is 17.9. The lowest BCUT2D eigenvalue weighted by Gasteiger charge is -2.14. The Morgan fingerprint density at radius 1 is 0.840 bits per heavy atom. The Morgan fingerprint density at radius 2 is 1.40 bits per heavy atom. The standard InChI is InChI=1S/C18H15NO6/c1-9-3-8-13(17(22)23)15(14(9)18(24)25)19-16(21)12-6-4-11(5-7-12)10(2)20/h3-8H,1-2H3,(H,19,21)(H,22,23)(H,24,25). The number of aryl methyl sites for hydroxylation is 1. The van der Waals surface area contributed by atoms with Crippen LogP contribution in [0.15, 0.2) is 36.4 Å². The van der Waals surface area contributed by atoms with E-state index in [9.17, 15) is 29.4 Å². The average molecular weight is 341 g/mol. The zero-order valence-electron chi connectivity index (χ0n) is 13.5. The fourth-order valence-electron chi connectivity index (χ4n) is 2.33. The number of carbonyl (C=O) groups excluding carboxylic acids is 2. The van der Waals surface area contributed by atoms with Gasteiger partial charge in [0, 0.05) is 11.1 Å². The van der Waals surface area contributed by atoms with Gasteiger partial charge in [-0.1, -0.05) is 18.2 Å². The van der Waals surface area contributed by atoms with Crippen LogP contribution < -0.4 is 5.32 Å². The fourth-order valence-corrected chi connectivity index (χ4v) is 2.33. The van der Waals surface area contributed by atoms with Crippen LogP contribution >= 0.6 is 0 Å². The van der Waals surface area contributed by atoms with Crippen molar-refractivity contribution in [1.82, 2.24) is 0 Å². The molecule has 0 aliphatic heterocycles. The number of aromatic carboxylic acids is 2. The molecule has 1 amide bonds. The van der Waals surface area contributed by atoms with Crippen LogP contribution in [0.4, 0.5) is 5.69 Å². The number of Topliss-reactive ketones (excluding diaryl/α,β-unsaturated/α-hetero) is 1. The van der Waals surface area contributed by atoms with Gasteiger partial charge in [0.1, 0.15) is 0 Å². The highest BCUT2D eigenvalue weighted by atomic mass is 16.4. The Balaban J connectivity index is 2.46. The van der Waals surface area contributed by atoms with E-state index in [4.69, 9.17) is 0 Å². The number of benzene rings is 2. The van der Waals surface area contributed by atoms with Crippen LogP contribution in [0.2, 0.25) is 0 Å². The lowest BCUT2D eigenvalue weighted by Crippen LogP contribution is -2.19. The number of hydrogen-bond donors (Lipinski definition) is 3. The topological polar surface area (TPSA) is 121 Å². The van der Waals surface area contributed by atoms with Crippen LogP contribution in [-0.2, 0) is 0 Å². The molecule has 0 spiro atoms. The molecule has 0 aliphatic rings. The largest absolute Gasteiger partial charge is 0.478 e. The van der Waals surface area contributed by atoms with Crippen molar-refractivity contribution >= 4 is 29.3 Å². The summed E-state index contributed by atoms with van der Waals surface area (Å²) >= 11 is 0. The number of nitrogens with one attached hydrogen (secondary N) is 1. The number of carbonyl (C=O) groups is 4. The summed E-state index contributed by atoms with van der Waals surface area (Å²) in [4.78, 5) is 46.5. The van der Waals surface area contributed by atoms with Gasteiger partial charge in [0.15, 0.2) is 5.78 Å². The molecule has 0 fully saturated rings. The van der Waals surface area contributed by atoms with Crippen LogP contribution in [0.3, 0.4) is 0 Å². The van der Waals surface area contributed by atoms with E-state index in [1.807, 2.05) is 0 Å². The smallest absolute Gasteiger partial charge is 0.338 e. The SMILES string of the molecule is CC(=O)c1ccc(C(=O)Nc2c(C(=O)O)ccc(C)c2C(=O)O)cc1. The van der Waals surface area contributed by atoms with Crippen LogP contribution in [0.1, 0.15) is 53.9 Å². The highest BCUT2D eigenvalue weighted by Crippen LogP contribution is 2.26. The van der Waals surface area contributed by atoms with E-state index in [-0.39, 0.29) is 28.2 Å². The van der Waals surface area contributed by atoms with Gasteiger partial charge in [0.2, 0.25) is 0 Å². The van der Waals surface area contributed by atoms with E-state index in [1.54, 1.807) is 0 Å². The van der Waals surface area contributed by atoms with Gasteiger partial charge in [-0.25, -0.2) is 9.59 Å². The molecule has 0 unspecified atom stereocenters. The first-order valence-electron chi connectivity index (χ1n) is 7.25. The lowest BCUT2D eigenvalue weighted by atomic mass is 10.0. The zero-order valence-corrected chi connectivity index (χ0v) is 13.5. The number of ketones is 1. The minimum Gasteiger partial charge on any atom is -0.478 e. The maximum absolute atomic E-state index is 12.4. The molecule has 2 rings (SSSR count). The van der Waals surface area contributed by atoms with Crippen molar-refractivity contribution in [3.8, 4) is 0 Å². The minimum absolute atomic E-state index is 0.160. The summed E-state index contributed by atoms with van der Waals surface area (Å²) < 4.78 is 0. The van der Waals surface area contributed by atoms with Crippen LogP contribution in [-0.4, -0.2) is 33.8 Å². The molecule has 0 atom stereocenters. The molecule has 2 aromatic rings. The Morgan fingerprint density at radius 3 is 1.88 bits per heavy atom. The minimum atomic E-state index is -1.36. The highest BCUT2D eigenvalue weighted by Gasteiger charge is 2.22. The van der Waals surface area contributed by atoms with E-state index >= 15 is 0 Å². The molecule has 7 nitrogen and oxygen atoms in total. The molecular formula is C18H15NO6. The van der Waals surface area contributed by atoms with Crippen LogP contribution in [0.25, 0.3) is 0 Å². The Kier molecular flexibility index (Phi) is 4.97. The second kappa shape index (κ2) is 6.96. The van der Waals surface area contributed by atoms with Crippen molar-refractivity contribution in [2.45, 2.75) is 13.8 Å². The zero-order chi connectivity index (χ0) is 18.7. The number of carboxylic acid groups (broad SMARTS) is 2. The highest BCUT2D eigenvalue weighted by molar-refractivity contribution is 6.12. The lowest BCUT2D eigenvalue weighted by molar-refractivity contribution is 0.0695. The summed E-state index contributed by atoms with van der Waals surface area (Å²) in [5.74, 6) is -3.54. The summed E-state index contributed by atoms with van der Waals surface area (Å²) in [7, 11) is 0. The first-order chi connectivity index (χ1) is 11.7. The maximum atomic E-state index is 12.4. The molecular weight excluding hydrogens is 326 g/mol. The maximum Gasteiger partial charge on any atom is 0.338 e. The van der Waals surface area contributed by atoms with Crippen molar-refractivity contribution in [3.63, 3.8) is 0 Å². The predicted octanol–water partition coefficient (Wildman–Crippen LogP) is 2.85. The monoisotopic (exact) mass is 341 g/mol.